The lowest BCUT2D eigenvalue weighted by Gasteiger charge is -2.34. The van der Waals surface area contributed by atoms with E-state index in [4.69, 9.17) is 0 Å². The highest BCUT2D eigenvalue weighted by atomic mass is 32.1. The van der Waals surface area contributed by atoms with E-state index in [0.717, 1.165) is 17.7 Å². The maximum Gasteiger partial charge on any atom is 0.00924 e. The Hall–Kier alpha value is 0.310. The predicted molar refractivity (Wildman–Crippen MR) is 67.1 cm³/mol. The van der Waals surface area contributed by atoms with Gasteiger partial charge in [-0.3, -0.25) is 0 Å². The second-order valence-corrected chi connectivity index (χ2v) is 5.09. The Morgan fingerprint density at radius 2 is 1.86 bits per heavy atom. The summed E-state index contributed by atoms with van der Waals surface area (Å²) in [6.07, 6.45) is 8.35. The van der Waals surface area contributed by atoms with Crippen LogP contribution in [0, 0.1) is 5.92 Å². The summed E-state index contributed by atoms with van der Waals surface area (Å²) in [6.45, 7) is 3.56. The molecular weight excluding hydrogens is 190 g/mol. The molecule has 0 aromatic carbocycles. The van der Waals surface area contributed by atoms with Crippen LogP contribution in [0.1, 0.15) is 45.4 Å². The zero-order chi connectivity index (χ0) is 10.4. The molecule has 0 N–H and O–H groups in total. The molecule has 0 atom stereocenters. The number of rotatable bonds is 5. The van der Waals surface area contributed by atoms with Crippen molar-refractivity contribution in [2.75, 3.05) is 19.3 Å². The molecule has 1 aliphatic rings. The van der Waals surface area contributed by atoms with Crippen molar-refractivity contribution in [3.8, 4) is 0 Å². The highest BCUT2D eigenvalue weighted by molar-refractivity contribution is 7.80. The topological polar surface area (TPSA) is 3.24 Å². The Labute approximate surface area is 94.7 Å². The summed E-state index contributed by atoms with van der Waals surface area (Å²) in [5, 5.41) is 0. The molecule has 14 heavy (non-hydrogen) atoms. The molecule has 84 valence electrons. The van der Waals surface area contributed by atoms with Crippen LogP contribution >= 0.6 is 12.6 Å². The number of hydrogen-bond acceptors (Lipinski definition) is 2. The molecule has 0 aromatic heterocycles. The molecule has 2 heteroatoms. The van der Waals surface area contributed by atoms with Crippen LogP contribution < -0.4 is 0 Å². The Balaban J connectivity index is 2.19. The highest BCUT2D eigenvalue weighted by Crippen LogP contribution is 2.28. The molecule has 0 radical (unpaired) electrons. The van der Waals surface area contributed by atoms with Gasteiger partial charge in [-0.2, -0.15) is 12.6 Å². The molecule has 0 unspecified atom stereocenters. The molecule has 0 aromatic rings. The maximum absolute atomic E-state index is 4.26. The Bertz CT molecular complexity index is 141. The monoisotopic (exact) mass is 215 g/mol. The first-order valence-electron chi connectivity index (χ1n) is 6.09. The third kappa shape index (κ3) is 3.82. The zero-order valence-corrected chi connectivity index (χ0v) is 10.6. The van der Waals surface area contributed by atoms with Gasteiger partial charge in [-0.1, -0.05) is 13.3 Å². The van der Waals surface area contributed by atoms with E-state index in [2.05, 4.69) is 31.5 Å². The van der Waals surface area contributed by atoms with Crippen molar-refractivity contribution in [2.24, 2.45) is 5.92 Å². The van der Waals surface area contributed by atoms with E-state index in [1.165, 1.54) is 45.1 Å². The van der Waals surface area contributed by atoms with Gasteiger partial charge in [0.15, 0.2) is 0 Å². The SMILES string of the molecule is CCC1CCC(N(C)CCCS)CC1. The van der Waals surface area contributed by atoms with Gasteiger partial charge in [0.1, 0.15) is 0 Å². The summed E-state index contributed by atoms with van der Waals surface area (Å²) in [4.78, 5) is 2.54. The summed E-state index contributed by atoms with van der Waals surface area (Å²) in [6, 6.07) is 0.859. The van der Waals surface area contributed by atoms with Crippen molar-refractivity contribution in [2.45, 2.75) is 51.5 Å². The van der Waals surface area contributed by atoms with Crippen LogP contribution in [0.3, 0.4) is 0 Å². The van der Waals surface area contributed by atoms with Crippen molar-refractivity contribution in [1.29, 1.82) is 0 Å². The Morgan fingerprint density at radius 3 is 2.36 bits per heavy atom. The van der Waals surface area contributed by atoms with Crippen LogP contribution in [-0.2, 0) is 0 Å². The molecule has 0 heterocycles. The van der Waals surface area contributed by atoms with Gasteiger partial charge in [-0.15, -0.1) is 0 Å². The van der Waals surface area contributed by atoms with Gasteiger partial charge < -0.3 is 4.90 Å². The quantitative estimate of drug-likeness (QED) is 0.689. The molecule has 1 nitrogen and oxygen atoms in total. The molecular formula is C12H25NS. The van der Waals surface area contributed by atoms with Crippen LogP contribution in [-0.4, -0.2) is 30.3 Å². The molecule has 1 rings (SSSR count). The number of thiol groups is 1. The smallest absolute Gasteiger partial charge is 0.00924 e. The first-order chi connectivity index (χ1) is 6.77. The normalized spacial score (nSPS) is 28.3. The maximum atomic E-state index is 4.26. The minimum Gasteiger partial charge on any atom is -0.303 e. The Kier molecular flexibility index (Phi) is 5.95. The average Bonchev–Trinajstić information content (AvgIpc) is 2.26. The van der Waals surface area contributed by atoms with E-state index < -0.39 is 0 Å². The summed E-state index contributed by atoms with van der Waals surface area (Å²) < 4.78 is 0. The molecule has 1 aliphatic carbocycles. The number of hydrogen-bond donors (Lipinski definition) is 1. The van der Waals surface area contributed by atoms with E-state index in [0.29, 0.717) is 0 Å². The minimum absolute atomic E-state index is 0.859. The van der Waals surface area contributed by atoms with Crippen molar-refractivity contribution in [1.82, 2.24) is 4.90 Å². The van der Waals surface area contributed by atoms with Crippen LogP contribution in [0.2, 0.25) is 0 Å². The van der Waals surface area contributed by atoms with E-state index >= 15 is 0 Å². The molecule has 1 fully saturated rings. The van der Waals surface area contributed by atoms with Gasteiger partial charge in [0.25, 0.3) is 0 Å². The molecule has 0 saturated heterocycles. The third-order valence-corrected chi connectivity index (χ3v) is 4.00. The average molecular weight is 215 g/mol. The second kappa shape index (κ2) is 6.73. The zero-order valence-electron chi connectivity index (χ0n) is 9.71. The van der Waals surface area contributed by atoms with Gasteiger partial charge in [-0.25, -0.2) is 0 Å². The summed E-state index contributed by atoms with van der Waals surface area (Å²) in [7, 11) is 2.28. The lowest BCUT2D eigenvalue weighted by Crippen LogP contribution is -2.35. The van der Waals surface area contributed by atoms with Crippen molar-refractivity contribution in [3.05, 3.63) is 0 Å². The first-order valence-corrected chi connectivity index (χ1v) is 6.72. The van der Waals surface area contributed by atoms with Gasteiger partial charge in [0.05, 0.1) is 0 Å². The van der Waals surface area contributed by atoms with E-state index in [9.17, 15) is 0 Å². The summed E-state index contributed by atoms with van der Waals surface area (Å²) >= 11 is 4.26. The molecule has 0 bridgehead atoms. The molecule has 0 amide bonds. The second-order valence-electron chi connectivity index (χ2n) is 4.64. The molecule has 1 saturated carbocycles. The van der Waals surface area contributed by atoms with Gasteiger partial charge in [0.2, 0.25) is 0 Å². The fourth-order valence-corrected chi connectivity index (χ4v) is 2.64. The van der Waals surface area contributed by atoms with E-state index in [1.807, 2.05) is 0 Å². The van der Waals surface area contributed by atoms with Crippen LogP contribution in [0.4, 0.5) is 0 Å². The van der Waals surface area contributed by atoms with E-state index in [1.54, 1.807) is 0 Å². The van der Waals surface area contributed by atoms with Crippen molar-refractivity contribution < 1.29 is 0 Å². The molecule has 0 aliphatic heterocycles. The van der Waals surface area contributed by atoms with Crippen molar-refractivity contribution in [3.63, 3.8) is 0 Å². The van der Waals surface area contributed by atoms with Gasteiger partial charge in [-0.05, 0) is 57.4 Å². The predicted octanol–water partition coefficient (Wildman–Crippen LogP) is 3.21. The van der Waals surface area contributed by atoms with Gasteiger partial charge >= 0.3 is 0 Å². The fourth-order valence-electron chi connectivity index (χ4n) is 2.50. The van der Waals surface area contributed by atoms with Crippen molar-refractivity contribution >= 4 is 12.6 Å². The third-order valence-electron chi connectivity index (χ3n) is 3.69. The summed E-state index contributed by atoms with van der Waals surface area (Å²) in [5.74, 6) is 2.04. The largest absolute Gasteiger partial charge is 0.303 e. The summed E-state index contributed by atoms with van der Waals surface area (Å²) in [5.41, 5.74) is 0. The highest BCUT2D eigenvalue weighted by Gasteiger charge is 2.22. The van der Waals surface area contributed by atoms with Gasteiger partial charge in [0, 0.05) is 6.04 Å². The fraction of sp³-hybridized carbons (Fsp3) is 1.00. The minimum atomic E-state index is 0.859. The lowest BCUT2D eigenvalue weighted by molar-refractivity contribution is 0.164. The van der Waals surface area contributed by atoms with E-state index in [-0.39, 0.29) is 0 Å². The van der Waals surface area contributed by atoms with Crippen LogP contribution in [0.5, 0.6) is 0 Å². The van der Waals surface area contributed by atoms with Crippen LogP contribution in [0.25, 0.3) is 0 Å². The lowest BCUT2D eigenvalue weighted by atomic mass is 9.84. The standard InChI is InChI=1S/C12H25NS/c1-3-11-5-7-12(8-6-11)13(2)9-4-10-14/h11-12,14H,3-10H2,1-2H3. The first kappa shape index (κ1) is 12.4. The van der Waals surface area contributed by atoms with Crippen LogP contribution in [0.15, 0.2) is 0 Å². The Morgan fingerprint density at radius 1 is 1.21 bits per heavy atom. The number of nitrogens with zero attached hydrogens (tertiary/aromatic N) is 1. The molecule has 0 spiro atoms.